The average molecular weight is 186 g/mol. The molecular formula is C13H14O. The third kappa shape index (κ3) is 1.25. The lowest BCUT2D eigenvalue weighted by Crippen LogP contribution is -2.26. The molecule has 0 bridgehead atoms. The Balaban J connectivity index is 2.80. The lowest BCUT2D eigenvalue weighted by atomic mass is 10.0. The maximum absolute atomic E-state index is 5.67. The molecule has 14 heavy (non-hydrogen) atoms. The van der Waals surface area contributed by atoms with Crippen molar-refractivity contribution >= 4 is 24.3 Å². The summed E-state index contributed by atoms with van der Waals surface area (Å²) in [6, 6.07) is 0. The molecule has 0 amide bonds. The topological polar surface area (TPSA) is 13.1 Å². The van der Waals surface area contributed by atoms with Crippen molar-refractivity contribution < 1.29 is 4.42 Å². The quantitative estimate of drug-likeness (QED) is 0.690. The van der Waals surface area contributed by atoms with E-state index in [1.165, 1.54) is 5.22 Å². The van der Waals surface area contributed by atoms with Crippen molar-refractivity contribution in [2.45, 2.75) is 13.3 Å². The first-order valence-electron chi connectivity index (χ1n) is 4.86. The number of hydrogen-bond acceptors (Lipinski definition) is 1. The summed E-state index contributed by atoms with van der Waals surface area (Å²) in [5.74, 6) is 1.38. The van der Waals surface area contributed by atoms with Gasteiger partial charge in [-0.05, 0) is 24.5 Å². The molecule has 1 heteroatoms. The van der Waals surface area contributed by atoms with Crippen molar-refractivity contribution in [3.63, 3.8) is 0 Å². The average Bonchev–Trinajstić information content (AvgIpc) is 2.54. The SMILES string of the molecule is C=Cc1oc2c(c1C=C)=CCC(C)C=2. The largest absolute Gasteiger partial charge is 0.456 e. The van der Waals surface area contributed by atoms with Gasteiger partial charge < -0.3 is 4.42 Å². The second kappa shape index (κ2) is 3.33. The highest BCUT2D eigenvalue weighted by molar-refractivity contribution is 5.62. The van der Waals surface area contributed by atoms with Crippen molar-refractivity contribution in [2.24, 2.45) is 5.92 Å². The van der Waals surface area contributed by atoms with Crippen LogP contribution in [0.15, 0.2) is 17.6 Å². The van der Waals surface area contributed by atoms with Gasteiger partial charge in [0.15, 0.2) is 0 Å². The second-order valence-corrected chi connectivity index (χ2v) is 3.65. The zero-order valence-electron chi connectivity index (χ0n) is 8.42. The third-order valence-electron chi connectivity index (χ3n) is 2.56. The Morgan fingerprint density at radius 2 is 2.21 bits per heavy atom. The van der Waals surface area contributed by atoms with Crippen molar-refractivity contribution in [3.05, 3.63) is 35.1 Å². The van der Waals surface area contributed by atoms with Gasteiger partial charge in [0, 0.05) is 10.8 Å². The predicted molar refractivity (Wildman–Crippen MR) is 60.9 cm³/mol. The Morgan fingerprint density at radius 3 is 2.86 bits per heavy atom. The lowest BCUT2D eigenvalue weighted by molar-refractivity contribution is 0.514. The van der Waals surface area contributed by atoms with Gasteiger partial charge in [0.1, 0.15) is 11.2 Å². The van der Waals surface area contributed by atoms with Crippen LogP contribution in [0.1, 0.15) is 24.7 Å². The van der Waals surface area contributed by atoms with E-state index in [2.05, 4.69) is 32.2 Å². The van der Waals surface area contributed by atoms with E-state index in [0.29, 0.717) is 5.92 Å². The summed E-state index contributed by atoms with van der Waals surface area (Å²) in [4.78, 5) is 0. The summed E-state index contributed by atoms with van der Waals surface area (Å²) >= 11 is 0. The molecule has 1 aliphatic carbocycles. The highest BCUT2D eigenvalue weighted by Crippen LogP contribution is 2.11. The molecule has 1 aromatic heterocycles. The van der Waals surface area contributed by atoms with E-state index >= 15 is 0 Å². The van der Waals surface area contributed by atoms with E-state index in [-0.39, 0.29) is 0 Å². The molecular weight excluding hydrogens is 172 g/mol. The van der Waals surface area contributed by atoms with E-state index < -0.39 is 0 Å². The van der Waals surface area contributed by atoms with Gasteiger partial charge in [-0.1, -0.05) is 32.2 Å². The first-order chi connectivity index (χ1) is 6.76. The molecule has 0 N–H and O–H groups in total. The Labute approximate surface area is 83.7 Å². The van der Waals surface area contributed by atoms with E-state index in [4.69, 9.17) is 4.42 Å². The van der Waals surface area contributed by atoms with Gasteiger partial charge in [-0.3, -0.25) is 0 Å². The minimum absolute atomic E-state index is 0.559. The molecule has 0 aliphatic heterocycles. The van der Waals surface area contributed by atoms with Gasteiger partial charge in [0.25, 0.3) is 0 Å². The van der Waals surface area contributed by atoms with E-state index in [1.54, 1.807) is 6.08 Å². The van der Waals surface area contributed by atoms with Crippen LogP contribution in [0.25, 0.3) is 24.3 Å². The summed E-state index contributed by atoms with van der Waals surface area (Å²) < 4.78 is 5.67. The van der Waals surface area contributed by atoms with Crippen LogP contribution in [0.3, 0.4) is 0 Å². The van der Waals surface area contributed by atoms with Gasteiger partial charge in [0.05, 0.1) is 0 Å². The number of rotatable bonds is 2. The maximum Gasteiger partial charge on any atom is 0.134 e. The predicted octanol–water partition coefficient (Wildman–Crippen LogP) is 2.17. The highest BCUT2D eigenvalue weighted by atomic mass is 16.3. The van der Waals surface area contributed by atoms with E-state index in [0.717, 1.165) is 23.2 Å². The monoisotopic (exact) mass is 186 g/mol. The standard InChI is InChI=1S/C13H14O/c1-4-10-11-7-6-9(3)8-13(11)14-12(10)5-2/h4-5,7-9H,1-2,6H2,3H3. The molecule has 1 aliphatic rings. The summed E-state index contributed by atoms with van der Waals surface area (Å²) in [5, 5.41) is 1.17. The van der Waals surface area contributed by atoms with Crippen LogP contribution >= 0.6 is 0 Å². The van der Waals surface area contributed by atoms with Crippen LogP contribution in [-0.4, -0.2) is 0 Å². The summed E-state index contributed by atoms with van der Waals surface area (Å²) in [7, 11) is 0. The summed E-state index contributed by atoms with van der Waals surface area (Å²) in [6.45, 7) is 9.71. The van der Waals surface area contributed by atoms with Crippen molar-refractivity contribution in [2.75, 3.05) is 0 Å². The molecule has 0 radical (unpaired) electrons. The lowest BCUT2D eigenvalue weighted by Gasteiger charge is -2.03. The minimum Gasteiger partial charge on any atom is -0.456 e. The van der Waals surface area contributed by atoms with Crippen molar-refractivity contribution in [1.29, 1.82) is 0 Å². The summed E-state index contributed by atoms with van der Waals surface area (Å²) in [5.41, 5.74) is 2.03. The van der Waals surface area contributed by atoms with Crippen LogP contribution in [0.2, 0.25) is 0 Å². The molecule has 0 saturated heterocycles. The Bertz CT molecular complexity index is 488. The van der Waals surface area contributed by atoms with Crippen LogP contribution < -0.4 is 10.6 Å². The smallest absolute Gasteiger partial charge is 0.134 e. The summed E-state index contributed by atoms with van der Waals surface area (Å²) in [6.07, 6.45) is 9.02. The fraction of sp³-hybridized carbons (Fsp3) is 0.231. The van der Waals surface area contributed by atoms with Crippen LogP contribution in [0.4, 0.5) is 0 Å². The number of furan rings is 1. The molecule has 2 rings (SSSR count). The van der Waals surface area contributed by atoms with Crippen LogP contribution in [0, 0.1) is 5.92 Å². The van der Waals surface area contributed by atoms with Crippen LogP contribution in [0.5, 0.6) is 0 Å². The molecule has 1 unspecified atom stereocenters. The molecule has 0 spiro atoms. The fourth-order valence-corrected chi connectivity index (χ4v) is 1.82. The van der Waals surface area contributed by atoms with E-state index in [9.17, 15) is 0 Å². The van der Waals surface area contributed by atoms with Gasteiger partial charge >= 0.3 is 0 Å². The van der Waals surface area contributed by atoms with Crippen molar-refractivity contribution in [1.82, 2.24) is 0 Å². The molecule has 1 aromatic rings. The molecule has 1 nitrogen and oxygen atoms in total. The Hall–Kier alpha value is -1.50. The highest BCUT2D eigenvalue weighted by Gasteiger charge is 2.10. The van der Waals surface area contributed by atoms with Gasteiger partial charge in [-0.25, -0.2) is 0 Å². The first-order valence-corrected chi connectivity index (χ1v) is 4.86. The molecule has 72 valence electrons. The Morgan fingerprint density at radius 1 is 1.43 bits per heavy atom. The van der Waals surface area contributed by atoms with Crippen molar-refractivity contribution in [3.8, 4) is 0 Å². The number of fused-ring (bicyclic) bond motifs is 1. The second-order valence-electron chi connectivity index (χ2n) is 3.65. The van der Waals surface area contributed by atoms with Gasteiger partial charge in [-0.15, -0.1) is 0 Å². The minimum atomic E-state index is 0.559. The molecule has 0 aromatic carbocycles. The normalized spacial score (nSPS) is 19.1. The maximum atomic E-state index is 5.67. The van der Waals surface area contributed by atoms with Crippen LogP contribution in [-0.2, 0) is 0 Å². The molecule has 0 fully saturated rings. The molecule has 1 atom stereocenters. The van der Waals surface area contributed by atoms with Gasteiger partial charge in [-0.2, -0.15) is 0 Å². The Kier molecular flexibility index (Phi) is 2.16. The number of hydrogen-bond donors (Lipinski definition) is 0. The molecule has 1 heterocycles. The zero-order valence-corrected chi connectivity index (χ0v) is 8.42. The van der Waals surface area contributed by atoms with E-state index in [1.807, 2.05) is 6.08 Å². The zero-order chi connectivity index (χ0) is 10.1. The first kappa shape index (κ1) is 9.07. The fourth-order valence-electron chi connectivity index (χ4n) is 1.82. The third-order valence-corrected chi connectivity index (χ3v) is 2.56. The molecule has 0 saturated carbocycles. The van der Waals surface area contributed by atoms with Gasteiger partial charge in [0.2, 0.25) is 0 Å².